The first-order chi connectivity index (χ1) is 10.4. The van der Waals surface area contributed by atoms with Gasteiger partial charge in [-0.3, -0.25) is 10.1 Å². The van der Waals surface area contributed by atoms with Crippen LogP contribution in [0.25, 0.3) is 11.5 Å². The van der Waals surface area contributed by atoms with Gasteiger partial charge in [-0.25, -0.2) is 4.39 Å². The molecule has 0 amide bonds. The zero-order chi connectivity index (χ0) is 15.9. The van der Waals surface area contributed by atoms with Gasteiger partial charge < -0.3 is 16.0 Å². The molecule has 9 heteroatoms. The van der Waals surface area contributed by atoms with Crippen molar-refractivity contribution < 1.29 is 13.8 Å². The van der Waals surface area contributed by atoms with E-state index in [-0.39, 0.29) is 17.1 Å². The van der Waals surface area contributed by atoms with Crippen molar-refractivity contribution in [3.05, 3.63) is 33.9 Å². The van der Waals surface area contributed by atoms with Gasteiger partial charge in [0.1, 0.15) is 11.5 Å². The van der Waals surface area contributed by atoms with Gasteiger partial charge in [0, 0.05) is 0 Å². The van der Waals surface area contributed by atoms with Gasteiger partial charge in [0.2, 0.25) is 0 Å². The lowest BCUT2D eigenvalue weighted by Gasteiger charge is -2.17. The third-order valence-corrected chi connectivity index (χ3v) is 3.92. The van der Waals surface area contributed by atoms with Crippen LogP contribution in [-0.4, -0.2) is 15.1 Å². The molecule has 0 unspecified atom stereocenters. The third-order valence-electron chi connectivity index (χ3n) is 3.92. The molecule has 0 bridgehead atoms. The molecule has 0 aliphatic heterocycles. The Hall–Kier alpha value is -2.55. The van der Waals surface area contributed by atoms with Gasteiger partial charge in [0.25, 0.3) is 11.6 Å². The largest absolute Gasteiger partial charge is 0.393 e. The topological polar surface area (TPSA) is 134 Å². The Balaban J connectivity index is 2.05. The minimum absolute atomic E-state index is 0.00736. The highest BCUT2D eigenvalue weighted by molar-refractivity contribution is 5.78. The molecule has 1 fully saturated rings. The molecule has 1 aliphatic rings. The number of nitro benzene ring substituents is 1. The molecule has 0 spiro atoms. The molecule has 1 aliphatic carbocycles. The summed E-state index contributed by atoms with van der Waals surface area (Å²) in [5, 5.41) is 14.7. The summed E-state index contributed by atoms with van der Waals surface area (Å²) in [7, 11) is 0. The van der Waals surface area contributed by atoms with Gasteiger partial charge in [-0.2, -0.15) is 4.98 Å². The van der Waals surface area contributed by atoms with E-state index in [4.69, 9.17) is 16.0 Å². The first-order valence-electron chi connectivity index (χ1n) is 6.77. The lowest BCUT2D eigenvalue weighted by Crippen LogP contribution is -2.34. The molecule has 0 saturated heterocycles. The molecule has 0 atom stereocenters. The smallest absolute Gasteiger partial charge is 0.295 e. The van der Waals surface area contributed by atoms with Crippen LogP contribution in [0.2, 0.25) is 0 Å². The van der Waals surface area contributed by atoms with Crippen molar-refractivity contribution in [2.75, 3.05) is 5.73 Å². The van der Waals surface area contributed by atoms with Crippen LogP contribution in [0.15, 0.2) is 16.7 Å². The van der Waals surface area contributed by atoms with Crippen molar-refractivity contribution in [2.24, 2.45) is 5.73 Å². The number of hydrogen-bond donors (Lipinski definition) is 2. The van der Waals surface area contributed by atoms with Crippen LogP contribution in [0.3, 0.4) is 0 Å². The number of nitrogens with two attached hydrogens (primary N) is 2. The van der Waals surface area contributed by atoms with E-state index < -0.39 is 22.0 Å². The zero-order valence-electron chi connectivity index (χ0n) is 11.6. The number of halogens is 1. The van der Waals surface area contributed by atoms with E-state index in [2.05, 4.69) is 10.1 Å². The van der Waals surface area contributed by atoms with Crippen molar-refractivity contribution in [3.8, 4) is 11.5 Å². The van der Waals surface area contributed by atoms with Gasteiger partial charge in [-0.1, -0.05) is 18.0 Å². The minimum atomic E-state index is -0.807. The maximum absolute atomic E-state index is 13.6. The van der Waals surface area contributed by atoms with Crippen molar-refractivity contribution >= 4 is 11.4 Å². The van der Waals surface area contributed by atoms with Crippen LogP contribution in [-0.2, 0) is 5.54 Å². The van der Waals surface area contributed by atoms with Crippen LogP contribution in [0.1, 0.15) is 31.5 Å². The quantitative estimate of drug-likeness (QED) is 0.503. The van der Waals surface area contributed by atoms with Crippen molar-refractivity contribution in [2.45, 2.75) is 31.2 Å². The fourth-order valence-electron chi connectivity index (χ4n) is 2.70. The van der Waals surface area contributed by atoms with Gasteiger partial charge in [-0.05, 0) is 18.9 Å². The second-order valence-electron chi connectivity index (χ2n) is 5.43. The Bertz CT molecular complexity index is 739. The molecular formula is C13H14FN5O3. The summed E-state index contributed by atoms with van der Waals surface area (Å²) in [6, 6.07) is 1.77. The number of aromatic nitrogens is 2. The number of hydrogen-bond acceptors (Lipinski definition) is 7. The fraction of sp³-hybridized carbons (Fsp3) is 0.385. The van der Waals surface area contributed by atoms with Gasteiger partial charge in [0.15, 0.2) is 5.82 Å². The van der Waals surface area contributed by atoms with Crippen LogP contribution >= 0.6 is 0 Å². The van der Waals surface area contributed by atoms with E-state index in [9.17, 15) is 14.5 Å². The lowest BCUT2D eigenvalue weighted by molar-refractivity contribution is -0.384. The molecule has 1 saturated carbocycles. The molecule has 116 valence electrons. The maximum atomic E-state index is 13.6. The normalized spacial score (nSPS) is 16.8. The average molecular weight is 307 g/mol. The number of benzene rings is 1. The molecule has 1 aromatic carbocycles. The van der Waals surface area contributed by atoms with E-state index in [0.717, 1.165) is 37.8 Å². The maximum Gasteiger partial charge on any atom is 0.295 e. The molecule has 2 aromatic rings. The highest BCUT2D eigenvalue weighted by Crippen LogP contribution is 2.37. The van der Waals surface area contributed by atoms with E-state index in [1.807, 2.05) is 0 Å². The Morgan fingerprint density at radius 3 is 2.68 bits per heavy atom. The van der Waals surface area contributed by atoms with Gasteiger partial charge in [-0.15, -0.1) is 0 Å². The Morgan fingerprint density at radius 1 is 1.36 bits per heavy atom. The second-order valence-corrected chi connectivity index (χ2v) is 5.43. The Kier molecular flexibility index (Phi) is 3.28. The standard InChI is InChI=1S/C13H14FN5O3/c14-7-5-8(10(15)9(6-7)19(20)21)11-17-12(18-22-11)13(16)3-1-2-4-13/h5-6H,1-4,15-16H2. The molecule has 1 aromatic heterocycles. The molecular weight excluding hydrogens is 293 g/mol. The number of nitrogen functional groups attached to an aromatic ring is 1. The SMILES string of the molecule is Nc1c(-c2nc(C3(N)CCCC3)no2)cc(F)cc1[N+](=O)[O-]. The highest BCUT2D eigenvalue weighted by Gasteiger charge is 2.36. The minimum Gasteiger partial charge on any atom is -0.393 e. The van der Waals surface area contributed by atoms with E-state index >= 15 is 0 Å². The first kappa shape index (κ1) is 14.4. The highest BCUT2D eigenvalue weighted by atomic mass is 19.1. The lowest BCUT2D eigenvalue weighted by atomic mass is 9.98. The Labute approximate surface area is 124 Å². The Morgan fingerprint density at radius 2 is 2.05 bits per heavy atom. The fourth-order valence-corrected chi connectivity index (χ4v) is 2.70. The number of nitrogens with zero attached hydrogens (tertiary/aromatic N) is 3. The van der Waals surface area contributed by atoms with Crippen molar-refractivity contribution in [3.63, 3.8) is 0 Å². The van der Waals surface area contributed by atoms with E-state index in [1.54, 1.807) is 0 Å². The number of rotatable bonds is 3. The average Bonchev–Trinajstić information content (AvgIpc) is 3.10. The molecule has 0 radical (unpaired) electrons. The predicted octanol–water partition coefficient (Wildman–Crippen LogP) is 2.09. The van der Waals surface area contributed by atoms with Gasteiger partial charge >= 0.3 is 0 Å². The monoisotopic (exact) mass is 307 g/mol. The van der Waals surface area contributed by atoms with Crippen LogP contribution < -0.4 is 11.5 Å². The molecule has 22 heavy (non-hydrogen) atoms. The number of anilines is 1. The van der Waals surface area contributed by atoms with Gasteiger partial charge in [0.05, 0.1) is 22.1 Å². The summed E-state index contributed by atoms with van der Waals surface area (Å²) in [5.74, 6) is -0.572. The molecule has 8 nitrogen and oxygen atoms in total. The summed E-state index contributed by atoms with van der Waals surface area (Å²) < 4.78 is 18.7. The summed E-state index contributed by atoms with van der Waals surface area (Å²) in [4.78, 5) is 14.3. The van der Waals surface area contributed by atoms with Crippen molar-refractivity contribution in [1.82, 2.24) is 10.1 Å². The summed E-state index contributed by atoms with van der Waals surface area (Å²) in [6.45, 7) is 0. The number of nitro groups is 1. The predicted molar refractivity (Wildman–Crippen MR) is 75.1 cm³/mol. The van der Waals surface area contributed by atoms with Crippen molar-refractivity contribution in [1.29, 1.82) is 0 Å². The summed E-state index contributed by atoms with van der Waals surface area (Å²) in [5.41, 5.74) is 10.5. The second kappa shape index (κ2) is 5.02. The van der Waals surface area contributed by atoms with Crippen LogP contribution in [0, 0.1) is 15.9 Å². The van der Waals surface area contributed by atoms with E-state index in [1.165, 1.54) is 0 Å². The first-order valence-corrected chi connectivity index (χ1v) is 6.77. The van der Waals surface area contributed by atoms with E-state index in [0.29, 0.717) is 5.82 Å². The summed E-state index contributed by atoms with van der Waals surface area (Å²) >= 11 is 0. The molecule has 1 heterocycles. The molecule has 3 rings (SSSR count). The van der Waals surface area contributed by atoms with Crippen LogP contribution in [0.5, 0.6) is 0 Å². The molecule has 4 N–H and O–H groups in total. The summed E-state index contributed by atoms with van der Waals surface area (Å²) in [6.07, 6.45) is 3.39. The third kappa shape index (κ3) is 2.29. The van der Waals surface area contributed by atoms with Crippen LogP contribution in [0.4, 0.5) is 15.8 Å². The zero-order valence-corrected chi connectivity index (χ0v) is 11.6.